The van der Waals surface area contributed by atoms with Crippen LogP contribution in [0.2, 0.25) is 5.02 Å². The van der Waals surface area contributed by atoms with Crippen molar-refractivity contribution in [1.29, 1.82) is 0 Å². The van der Waals surface area contributed by atoms with Gasteiger partial charge in [-0.3, -0.25) is 4.79 Å². The van der Waals surface area contributed by atoms with E-state index in [1.165, 1.54) is 40.8 Å². The molecule has 1 fully saturated rings. The van der Waals surface area contributed by atoms with Crippen molar-refractivity contribution >= 4 is 62.6 Å². The highest BCUT2D eigenvalue weighted by atomic mass is 79.9. The van der Waals surface area contributed by atoms with Gasteiger partial charge in [0.05, 0.1) is 14.9 Å². The van der Waals surface area contributed by atoms with Crippen molar-refractivity contribution in [2.24, 2.45) is 0 Å². The molecule has 0 saturated carbocycles. The first-order valence-corrected chi connectivity index (χ1v) is 10.3. The molecule has 1 aromatic carbocycles. The molecule has 2 atom stereocenters. The minimum Gasteiger partial charge on any atom is -0.325 e. The Labute approximate surface area is 167 Å². The average molecular weight is 465 g/mol. The summed E-state index contributed by atoms with van der Waals surface area (Å²) in [6, 6.07) is 6.07. The first-order chi connectivity index (χ1) is 11.8. The highest BCUT2D eigenvalue weighted by Crippen LogP contribution is 2.37. The number of halogens is 3. The van der Waals surface area contributed by atoms with Crippen LogP contribution < -0.4 is 10.0 Å². The molecule has 25 heavy (non-hydrogen) atoms. The molecular weight excluding hydrogens is 449 g/mol. The smallest absolute Gasteiger partial charge is 0.242 e. The van der Waals surface area contributed by atoms with Crippen molar-refractivity contribution in [2.45, 2.75) is 25.4 Å². The summed E-state index contributed by atoms with van der Waals surface area (Å²) in [5, 5.41) is 2.81. The molecule has 0 radical (unpaired) electrons. The Kier molecular flexibility index (Phi) is 6.07. The summed E-state index contributed by atoms with van der Waals surface area (Å²) in [6.07, 6.45) is 0.636. The standard InChI is InChI=1S/C16H16BrClFN3OS2/c1-8-5-14(24-15(8)17)12-7-13(22(2)25-21-12)16(23)20-9-3-4-11(19)10(18)6-9/h3-6,12-13,21H,7H2,1-2H3,(H,20,23). The summed E-state index contributed by atoms with van der Waals surface area (Å²) < 4.78 is 19.6. The van der Waals surface area contributed by atoms with Gasteiger partial charge in [0, 0.05) is 22.7 Å². The first kappa shape index (κ1) is 19.1. The summed E-state index contributed by atoms with van der Waals surface area (Å²) in [5.41, 5.74) is 1.67. The van der Waals surface area contributed by atoms with E-state index in [9.17, 15) is 9.18 Å². The molecule has 1 saturated heterocycles. The lowest BCUT2D eigenvalue weighted by atomic mass is 10.0. The van der Waals surface area contributed by atoms with Gasteiger partial charge in [0.1, 0.15) is 11.9 Å². The maximum Gasteiger partial charge on any atom is 0.242 e. The number of anilines is 1. The lowest BCUT2D eigenvalue weighted by Gasteiger charge is -2.35. The molecule has 2 heterocycles. The topological polar surface area (TPSA) is 44.4 Å². The second-order valence-corrected chi connectivity index (χ2v) is 9.59. The van der Waals surface area contributed by atoms with E-state index >= 15 is 0 Å². The van der Waals surface area contributed by atoms with Crippen LogP contribution >= 0.6 is 51.0 Å². The Morgan fingerprint density at radius 2 is 2.24 bits per heavy atom. The predicted octanol–water partition coefficient (Wildman–Crippen LogP) is 5.15. The van der Waals surface area contributed by atoms with Crippen molar-refractivity contribution in [3.8, 4) is 0 Å². The van der Waals surface area contributed by atoms with Crippen LogP contribution in [0, 0.1) is 12.7 Å². The van der Waals surface area contributed by atoms with E-state index < -0.39 is 5.82 Å². The van der Waals surface area contributed by atoms with Crippen molar-refractivity contribution in [3.63, 3.8) is 0 Å². The van der Waals surface area contributed by atoms with E-state index in [1.54, 1.807) is 11.3 Å². The van der Waals surface area contributed by atoms with Gasteiger partial charge < -0.3 is 5.32 Å². The Bertz CT molecular complexity index is 784. The molecule has 4 nitrogen and oxygen atoms in total. The molecule has 0 aliphatic carbocycles. The van der Waals surface area contributed by atoms with Crippen molar-refractivity contribution in [1.82, 2.24) is 9.03 Å². The van der Waals surface area contributed by atoms with Gasteiger partial charge in [-0.2, -0.15) is 0 Å². The second kappa shape index (κ2) is 7.94. The van der Waals surface area contributed by atoms with Gasteiger partial charge in [-0.15, -0.1) is 11.3 Å². The van der Waals surface area contributed by atoms with E-state index in [0.29, 0.717) is 12.1 Å². The molecule has 2 unspecified atom stereocenters. The summed E-state index contributed by atoms with van der Waals surface area (Å²) in [6.45, 7) is 2.05. The van der Waals surface area contributed by atoms with E-state index in [-0.39, 0.29) is 23.0 Å². The van der Waals surface area contributed by atoms with E-state index in [4.69, 9.17) is 11.6 Å². The number of carbonyl (C=O) groups excluding carboxylic acids is 1. The molecule has 0 bridgehead atoms. The number of thiophene rings is 1. The highest BCUT2D eigenvalue weighted by Gasteiger charge is 2.33. The fraction of sp³-hybridized carbons (Fsp3) is 0.312. The van der Waals surface area contributed by atoms with Crippen molar-refractivity contribution in [2.75, 3.05) is 12.4 Å². The maximum atomic E-state index is 13.3. The van der Waals surface area contributed by atoms with Gasteiger partial charge in [0.2, 0.25) is 5.91 Å². The van der Waals surface area contributed by atoms with Crippen molar-refractivity contribution < 1.29 is 9.18 Å². The van der Waals surface area contributed by atoms with Gasteiger partial charge >= 0.3 is 0 Å². The molecule has 0 spiro atoms. The molecule has 1 aliphatic rings. The molecule has 1 aliphatic heterocycles. The lowest BCUT2D eigenvalue weighted by Crippen LogP contribution is -2.45. The third-order valence-electron chi connectivity index (χ3n) is 3.95. The minimum atomic E-state index is -0.507. The number of carbonyl (C=O) groups is 1. The monoisotopic (exact) mass is 463 g/mol. The molecule has 9 heteroatoms. The van der Waals surface area contributed by atoms with E-state index in [0.717, 1.165) is 3.79 Å². The zero-order valence-corrected chi connectivity index (χ0v) is 17.5. The SMILES string of the molecule is Cc1cc(C2CC(C(=O)Nc3ccc(F)c(Cl)c3)N(C)SN2)sc1Br. The Hall–Kier alpha value is -0.640. The molecule has 134 valence electrons. The number of hydrogen-bond acceptors (Lipinski definition) is 5. The van der Waals surface area contributed by atoms with E-state index in [2.05, 4.69) is 39.0 Å². The normalized spacial score (nSPS) is 21.3. The summed E-state index contributed by atoms with van der Waals surface area (Å²) in [4.78, 5) is 13.9. The Balaban J connectivity index is 1.72. The van der Waals surface area contributed by atoms with Crippen LogP contribution in [0.15, 0.2) is 28.1 Å². The number of rotatable bonds is 3. The number of likely N-dealkylation sites (N-methyl/N-ethyl adjacent to an activating group) is 1. The zero-order valence-electron chi connectivity index (χ0n) is 13.5. The third-order valence-corrected chi connectivity index (χ3v) is 7.42. The fourth-order valence-corrected chi connectivity index (χ4v) is 5.25. The van der Waals surface area contributed by atoms with Crippen LogP contribution in [0.25, 0.3) is 0 Å². The third kappa shape index (κ3) is 4.37. The van der Waals surface area contributed by atoms with Crippen LogP contribution in [0.4, 0.5) is 10.1 Å². The number of benzene rings is 1. The minimum absolute atomic E-state index is 0.0115. The Morgan fingerprint density at radius 3 is 2.88 bits per heavy atom. The van der Waals surface area contributed by atoms with Crippen molar-refractivity contribution in [3.05, 3.63) is 49.3 Å². The van der Waals surface area contributed by atoms with Gasteiger partial charge in [-0.1, -0.05) is 11.6 Å². The highest BCUT2D eigenvalue weighted by molar-refractivity contribution is 9.11. The summed E-state index contributed by atoms with van der Waals surface area (Å²) in [5.74, 6) is -0.649. The maximum absolute atomic E-state index is 13.3. The molecule has 2 N–H and O–H groups in total. The van der Waals surface area contributed by atoms with Gasteiger partial charge in [0.15, 0.2) is 0 Å². The quantitative estimate of drug-likeness (QED) is 0.617. The predicted molar refractivity (Wildman–Crippen MR) is 106 cm³/mol. The molecular formula is C16H16BrClFN3OS2. The number of amides is 1. The largest absolute Gasteiger partial charge is 0.325 e. The second-order valence-electron chi connectivity index (χ2n) is 5.78. The van der Waals surface area contributed by atoms with Gasteiger partial charge in [0.25, 0.3) is 0 Å². The van der Waals surface area contributed by atoms with Crippen LogP contribution in [-0.4, -0.2) is 23.3 Å². The lowest BCUT2D eigenvalue weighted by molar-refractivity contribution is -0.119. The van der Waals surface area contributed by atoms with Crippen LogP contribution in [-0.2, 0) is 4.79 Å². The summed E-state index contributed by atoms with van der Waals surface area (Å²) in [7, 11) is 1.87. The molecule has 3 rings (SSSR count). The Morgan fingerprint density at radius 1 is 1.48 bits per heavy atom. The number of aryl methyl sites for hydroxylation is 1. The first-order valence-electron chi connectivity index (χ1n) is 7.52. The van der Waals surface area contributed by atoms with Crippen LogP contribution in [0.3, 0.4) is 0 Å². The average Bonchev–Trinajstić information content (AvgIpc) is 2.90. The fourth-order valence-electron chi connectivity index (χ4n) is 2.53. The number of nitrogens with one attached hydrogen (secondary N) is 2. The van der Waals surface area contributed by atoms with Gasteiger partial charge in [-0.05, 0) is 66.2 Å². The van der Waals surface area contributed by atoms with Gasteiger partial charge in [-0.25, -0.2) is 13.4 Å². The molecule has 1 aromatic heterocycles. The molecule has 1 amide bonds. The zero-order chi connectivity index (χ0) is 18.1. The van der Waals surface area contributed by atoms with E-state index in [1.807, 2.05) is 11.4 Å². The van der Waals surface area contributed by atoms with Crippen LogP contribution in [0.5, 0.6) is 0 Å². The number of hydrogen-bond donors (Lipinski definition) is 2. The number of nitrogens with zero attached hydrogens (tertiary/aromatic N) is 1. The molecule has 2 aromatic rings. The summed E-state index contributed by atoms with van der Waals surface area (Å²) >= 11 is 12.4. The van der Waals surface area contributed by atoms with Crippen LogP contribution in [0.1, 0.15) is 22.9 Å².